The highest BCUT2D eigenvalue weighted by atomic mass is 32.2. The number of rotatable bonds is 5. The first kappa shape index (κ1) is 14.5. The van der Waals surface area contributed by atoms with Crippen molar-refractivity contribution in [1.29, 1.82) is 0 Å². The van der Waals surface area contributed by atoms with Crippen LogP contribution in [0.25, 0.3) is 0 Å². The second kappa shape index (κ2) is 5.36. The predicted octanol–water partition coefficient (Wildman–Crippen LogP) is -0.136. The van der Waals surface area contributed by atoms with E-state index in [9.17, 15) is 8.42 Å². The van der Waals surface area contributed by atoms with Crippen LogP contribution < -0.4 is 5.73 Å². The van der Waals surface area contributed by atoms with Gasteiger partial charge in [0, 0.05) is 19.5 Å². The maximum absolute atomic E-state index is 12.2. The zero-order chi connectivity index (χ0) is 13.9. The van der Waals surface area contributed by atoms with E-state index in [1.807, 2.05) is 0 Å². The van der Waals surface area contributed by atoms with Crippen molar-refractivity contribution in [3.05, 3.63) is 12.0 Å². The van der Waals surface area contributed by atoms with Gasteiger partial charge in [-0.1, -0.05) is 5.16 Å². The van der Waals surface area contributed by atoms with Gasteiger partial charge in [0.15, 0.2) is 5.03 Å². The highest BCUT2D eigenvalue weighted by molar-refractivity contribution is 7.89. The van der Waals surface area contributed by atoms with Crippen LogP contribution in [0.1, 0.15) is 19.2 Å². The van der Waals surface area contributed by atoms with Gasteiger partial charge in [0.25, 0.3) is 10.0 Å². The Morgan fingerprint density at radius 1 is 1.72 bits per heavy atom. The zero-order valence-electron chi connectivity index (χ0n) is 10.5. The molecule has 1 atom stereocenters. The number of oxime groups is 1. The third-order valence-electron chi connectivity index (χ3n) is 2.59. The topological polar surface area (TPSA) is 125 Å². The zero-order valence-corrected chi connectivity index (χ0v) is 11.3. The van der Waals surface area contributed by atoms with E-state index >= 15 is 0 Å². The Labute approximate surface area is 106 Å². The van der Waals surface area contributed by atoms with E-state index in [0.717, 1.165) is 4.31 Å². The number of aryl methyl sites for hydroxylation is 1. The van der Waals surface area contributed by atoms with Gasteiger partial charge in [0.05, 0.1) is 6.20 Å². The average molecular weight is 275 g/mol. The second-order valence-electron chi connectivity index (χ2n) is 4.00. The molecule has 8 nitrogen and oxygen atoms in total. The molecule has 0 amide bonds. The number of amidine groups is 1. The van der Waals surface area contributed by atoms with E-state index < -0.39 is 16.1 Å². The van der Waals surface area contributed by atoms with E-state index in [1.54, 1.807) is 13.8 Å². The van der Waals surface area contributed by atoms with Crippen LogP contribution in [0.3, 0.4) is 0 Å². The van der Waals surface area contributed by atoms with Gasteiger partial charge < -0.3 is 15.9 Å². The van der Waals surface area contributed by atoms with Crippen LogP contribution in [0.15, 0.2) is 16.4 Å². The number of imidazole rings is 1. The molecule has 0 aliphatic heterocycles. The number of nitrogens with zero attached hydrogens (tertiary/aromatic N) is 3. The summed E-state index contributed by atoms with van der Waals surface area (Å²) in [7, 11) is -2.22. The summed E-state index contributed by atoms with van der Waals surface area (Å²) < 4.78 is 25.5. The van der Waals surface area contributed by atoms with Crippen LogP contribution in [0.4, 0.5) is 0 Å². The maximum Gasteiger partial charge on any atom is 0.260 e. The molecular formula is C9H17N5O3S. The van der Waals surface area contributed by atoms with Crippen LogP contribution in [-0.4, -0.2) is 46.8 Å². The number of nitrogens with two attached hydrogens (primary N) is 1. The minimum Gasteiger partial charge on any atom is -0.409 e. The van der Waals surface area contributed by atoms with Crippen LogP contribution in [-0.2, 0) is 10.0 Å². The average Bonchev–Trinajstić information content (AvgIpc) is 2.75. The molecule has 1 aromatic rings. The maximum atomic E-state index is 12.2. The number of hydrogen-bond donors (Lipinski definition) is 3. The second-order valence-corrected chi connectivity index (χ2v) is 5.96. The fourth-order valence-corrected chi connectivity index (χ4v) is 2.71. The predicted molar refractivity (Wildman–Crippen MR) is 65.8 cm³/mol. The van der Waals surface area contributed by atoms with Gasteiger partial charge in [0.2, 0.25) is 0 Å². The SMILES string of the molecule is Cc1ncc(S(=O)(=O)N(C)C(C)CC(N)=NO)[nH]1. The van der Waals surface area contributed by atoms with E-state index in [-0.39, 0.29) is 17.3 Å². The number of aromatic nitrogens is 2. The van der Waals surface area contributed by atoms with Crippen LogP contribution >= 0.6 is 0 Å². The fraction of sp³-hybridized carbons (Fsp3) is 0.556. The Balaban J connectivity index is 2.92. The molecule has 102 valence electrons. The van der Waals surface area contributed by atoms with Crippen molar-refractivity contribution in [3.63, 3.8) is 0 Å². The quantitative estimate of drug-likeness (QED) is 0.298. The number of sulfonamides is 1. The van der Waals surface area contributed by atoms with Gasteiger partial charge in [-0.25, -0.2) is 13.4 Å². The first-order valence-corrected chi connectivity index (χ1v) is 6.69. The molecule has 1 unspecified atom stereocenters. The molecule has 4 N–H and O–H groups in total. The molecule has 18 heavy (non-hydrogen) atoms. The van der Waals surface area contributed by atoms with E-state index in [4.69, 9.17) is 10.9 Å². The molecule has 0 saturated heterocycles. The summed E-state index contributed by atoms with van der Waals surface area (Å²) in [5.41, 5.74) is 5.36. The van der Waals surface area contributed by atoms with Crippen molar-refractivity contribution in [3.8, 4) is 0 Å². The molecule has 0 aromatic carbocycles. The van der Waals surface area contributed by atoms with E-state index in [2.05, 4.69) is 15.1 Å². The number of hydrogen-bond acceptors (Lipinski definition) is 5. The van der Waals surface area contributed by atoms with Gasteiger partial charge in [-0.05, 0) is 13.8 Å². The number of H-pyrrole nitrogens is 1. The third-order valence-corrected chi connectivity index (χ3v) is 4.47. The molecule has 0 aliphatic carbocycles. The third kappa shape index (κ3) is 2.99. The Bertz CT molecular complexity index is 536. The van der Waals surface area contributed by atoms with Crippen molar-refractivity contribution in [1.82, 2.24) is 14.3 Å². The van der Waals surface area contributed by atoms with Crippen molar-refractivity contribution in [2.75, 3.05) is 7.05 Å². The molecule has 0 aliphatic rings. The normalized spacial score (nSPS) is 15.0. The van der Waals surface area contributed by atoms with Crippen molar-refractivity contribution < 1.29 is 13.6 Å². The molecule has 0 saturated carbocycles. The van der Waals surface area contributed by atoms with Gasteiger partial charge in [0.1, 0.15) is 11.7 Å². The molecule has 0 fully saturated rings. The summed E-state index contributed by atoms with van der Waals surface area (Å²) in [6.45, 7) is 3.33. The monoisotopic (exact) mass is 275 g/mol. The molecular weight excluding hydrogens is 258 g/mol. The largest absolute Gasteiger partial charge is 0.409 e. The van der Waals surface area contributed by atoms with Crippen molar-refractivity contribution >= 4 is 15.9 Å². The van der Waals surface area contributed by atoms with E-state index in [0.29, 0.717) is 5.82 Å². The molecule has 0 bridgehead atoms. The molecule has 0 radical (unpaired) electrons. The van der Waals surface area contributed by atoms with Gasteiger partial charge in [-0.15, -0.1) is 0 Å². The first-order valence-electron chi connectivity index (χ1n) is 5.25. The standard InChI is InChI=1S/C9H17N5O3S/c1-6(4-8(10)13-15)14(3)18(16,17)9-5-11-7(2)12-9/h5-6,15H,4H2,1-3H3,(H2,10,13)(H,11,12). The summed E-state index contributed by atoms with van der Waals surface area (Å²) in [6.07, 6.45) is 1.40. The number of aromatic amines is 1. The summed E-state index contributed by atoms with van der Waals surface area (Å²) in [4.78, 5) is 6.52. The minimum atomic E-state index is -3.65. The Hall–Kier alpha value is -1.61. The Morgan fingerprint density at radius 2 is 2.33 bits per heavy atom. The first-order chi connectivity index (χ1) is 8.28. The molecule has 1 rings (SSSR count). The highest BCUT2D eigenvalue weighted by Gasteiger charge is 2.27. The fourth-order valence-electron chi connectivity index (χ4n) is 1.39. The lowest BCUT2D eigenvalue weighted by Gasteiger charge is -2.22. The molecule has 1 heterocycles. The Morgan fingerprint density at radius 3 is 2.78 bits per heavy atom. The van der Waals surface area contributed by atoms with E-state index in [1.165, 1.54) is 13.2 Å². The number of nitrogens with one attached hydrogen (secondary N) is 1. The highest BCUT2D eigenvalue weighted by Crippen LogP contribution is 2.15. The minimum absolute atomic E-state index is 0.0221. The van der Waals surface area contributed by atoms with Crippen molar-refractivity contribution in [2.45, 2.75) is 31.3 Å². The van der Waals surface area contributed by atoms with Crippen LogP contribution in [0.5, 0.6) is 0 Å². The van der Waals surface area contributed by atoms with Gasteiger partial charge >= 0.3 is 0 Å². The smallest absolute Gasteiger partial charge is 0.260 e. The molecule has 0 spiro atoms. The summed E-state index contributed by atoms with van der Waals surface area (Å²) >= 11 is 0. The summed E-state index contributed by atoms with van der Waals surface area (Å²) in [5.74, 6) is 0.497. The summed E-state index contributed by atoms with van der Waals surface area (Å²) in [5, 5.41) is 11.3. The van der Waals surface area contributed by atoms with Crippen molar-refractivity contribution in [2.24, 2.45) is 10.9 Å². The lowest BCUT2D eigenvalue weighted by atomic mass is 10.2. The molecule has 1 aromatic heterocycles. The van der Waals surface area contributed by atoms with Crippen LogP contribution in [0, 0.1) is 6.92 Å². The lowest BCUT2D eigenvalue weighted by Crippen LogP contribution is -2.37. The summed E-state index contributed by atoms with van der Waals surface area (Å²) in [6, 6.07) is -0.436. The Kier molecular flexibility index (Phi) is 4.30. The van der Waals surface area contributed by atoms with Crippen LogP contribution in [0.2, 0.25) is 0 Å². The molecule has 9 heteroatoms. The van der Waals surface area contributed by atoms with Gasteiger partial charge in [-0.3, -0.25) is 0 Å². The lowest BCUT2D eigenvalue weighted by molar-refractivity contribution is 0.313. The van der Waals surface area contributed by atoms with Gasteiger partial charge in [-0.2, -0.15) is 4.31 Å².